The van der Waals surface area contributed by atoms with Gasteiger partial charge in [-0.25, -0.2) is 0 Å². The van der Waals surface area contributed by atoms with Crippen molar-refractivity contribution in [2.24, 2.45) is 0 Å². The Kier molecular flexibility index (Phi) is 3.23. The highest BCUT2D eigenvalue weighted by Crippen LogP contribution is 2.25. The number of benzene rings is 2. The van der Waals surface area contributed by atoms with Crippen LogP contribution < -0.4 is 5.73 Å². The highest BCUT2D eigenvalue weighted by Gasteiger charge is 2.11. The van der Waals surface area contributed by atoms with E-state index in [1.807, 2.05) is 49.4 Å². The van der Waals surface area contributed by atoms with Gasteiger partial charge in [-0.1, -0.05) is 33.6 Å². The van der Waals surface area contributed by atoms with Gasteiger partial charge in [-0.2, -0.15) is 4.68 Å². The van der Waals surface area contributed by atoms with E-state index in [-0.39, 0.29) is 0 Å². The minimum Gasteiger partial charge on any atom is -0.399 e. The largest absolute Gasteiger partial charge is 0.399 e. The maximum absolute atomic E-state index is 5.87. The van der Waals surface area contributed by atoms with Crippen LogP contribution in [0.4, 0.5) is 5.69 Å². The van der Waals surface area contributed by atoms with Crippen molar-refractivity contribution >= 4 is 21.6 Å². The topological polar surface area (TPSA) is 69.6 Å². The summed E-state index contributed by atoms with van der Waals surface area (Å²) in [7, 11) is 0. The number of halogens is 1. The van der Waals surface area contributed by atoms with Crippen molar-refractivity contribution in [3.05, 3.63) is 52.5 Å². The average molecular weight is 330 g/mol. The van der Waals surface area contributed by atoms with E-state index in [1.165, 1.54) is 5.56 Å². The van der Waals surface area contributed by atoms with Crippen LogP contribution in [-0.4, -0.2) is 20.2 Å². The van der Waals surface area contributed by atoms with Gasteiger partial charge in [0.25, 0.3) is 0 Å². The molecule has 1 aromatic heterocycles. The zero-order chi connectivity index (χ0) is 14.1. The molecule has 0 aliphatic rings. The fraction of sp³-hybridized carbons (Fsp3) is 0.0714. The molecule has 0 amide bonds. The molecule has 0 aliphatic heterocycles. The molecule has 0 radical (unpaired) electrons. The van der Waals surface area contributed by atoms with E-state index >= 15 is 0 Å². The minimum atomic E-state index is 0.654. The number of nitrogens with two attached hydrogens (primary N) is 1. The Balaban J connectivity index is 2.12. The van der Waals surface area contributed by atoms with Crippen LogP contribution in [0, 0.1) is 6.92 Å². The number of nitrogens with zero attached hydrogens (tertiary/aromatic N) is 4. The first kappa shape index (κ1) is 12.8. The summed E-state index contributed by atoms with van der Waals surface area (Å²) >= 11 is 3.43. The first-order valence-electron chi connectivity index (χ1n) is 6.05. The van der Waals surface area contributed by atoms with Crippen LogP contribution in [0.15, 0.2) is 46.9 Å². The number of rotatable bonds is 2. The monoisotopic (exact) mass is 329 g/mol. The van der Waals surface area contributed by atoms with Gasteiger partial charge in [-0.3, -0.25) is 0 Å². The van der Waals surface area contributed by atoms with Gasteiger partial charge in [0.15, 0.2) is 5.82 Å². The van der Waals surface area contributed by atoms with Gasteiger partial charge in [0.1, 0.15) is 0 Å². The molecule has 3 aromatic rings. The Morgan fingerprint density at radius 1 is 1.10 bits per heavy atom. The Morgan fingerprint density at radius 3 is 2.55 bits per heavy atom. The van der Waals surface area contributed by atoms with Gasteiger partial charge < -0.3 is 5.73 Å². The van der Waals surface area contributed by atoms with Gasteiger partial charge in [0.05, 0.1) is 5.69 Å². The molecule has 0 unspecified atom stereocenters. The smallest absolute Gasteiger partial charge is 0.187 e. The first-order valence-corrected chi connectivity index (χ1v) is 6.84. The molecule has 5 nitrogen and oxygen atoms in total. The van der Waals surface area contributed by atoms with Crippen molar-refractivity contribution < 1.29 is 0 Å². The summed E-state index contributed by atoms with van der Waals surface area (Å²) in [5.74, 6) is 0.654. The number of anilines is 1. The lowest BCUT2D eigenvalue weighted by atomic mass is 10.2. The maximum Gasteiger partial charge on any atom is 0.187 e. The quantitative estimate of drug-likeness (QED) is 0.734. The molecule has 0 aliphatic carbocycles. The number of nitrogen functional groups attached to an aromatic ring is 1. The normalized spacial score (nSPS) is 10.7. The summed E-state index contributed by atoms with van der Waals surface area (Å²) in [5.41, 5.74) is 9.49. The van der Waals surface area contributed by atoms with Crippen molar-refractivity contribution in [1.29, 1.82) is 0 Å². The Labute approximate surface area is 124 Å². The highest BCUT2D eigenvalue weighted by atomic mass is 79.9. The summed E-state index contributed by atoms with van der Waals surface area (Å²) in [5, 5.41) is 11.9. The van der Waals surface area contributed by atoms with Crippen molar-refractivity contribution in [2.45, 2.75) is 6.92 Å². The molecular weight excluding hydrogens is 318 g/mol. The van der Waals surface area contributed by atoms with Crippen LogP contribution in [0.1, 0.15) is 5.56 Å². The van der Waals surface area contributed by atoms with Crippen LogP contribution in [0.2, 0.25) is 0 Å². The molecule has 0 bridgehead atoms. The number of tetrazole rings is 1. The van der Waals surface area contributed by atoms with Crippen LogP contribution in [-0.2, 0) is 0 Å². The predicted octanol–water partition coefficient (Wildman–Crippen LogP) is 2.98. The Morgan fingerprint density at radius 2 is 1.85 bits per heavy atom. The second kappa shape index (κ2) is 5.05. The van der Waals surface area contributed by atoms with E-state index in [1.54, 1.807) is 4.68 Å². The molecule has 0 spiro atoms. The molecule has 3 rings (SSSR count). The molecule has 20 heavy (non-hydrogen) atoms. The fourth-order valence-corrected chi connectivity index (χ4v) is 2.48. The van der Waals surface area contributed by atoms with E-state index in [9.17, 15) is 0 Å². The lowest BCUT2D eigenvalue weighted by Gasteiger charge is -2.06. The summed E-state index contributed by atoms with van der Waals surface area (Å²) in [6.45, 7) is 2.04. The molecule has 6 heteroatoms. The zero-order valence-corrected chi connectivity index (χ0v) is 12.4. The molecule has 0 saturated heterocycles. The van der Waals surface area contributed by atoms with Gasteiger partial charge in [0.2, 0.25) is 0 Å². The summed E-state index contributed by atoms with van der Waals surface area (Å²) in [6.07, 6.45) is 0. The third kappa shape index (κ3) is 2.42. The number of hydrogen-bond donors (Lipinski definition) is 1. The van der Waals surface area contributed by atoms with Crippen LogP contribution in [0.5, 0.6) is 0 Å². The Bertz CT molecular complexity index is 728. The minimum absolute atomic E-state index is 0.654. The van der Waals surface area contributed by atoms with E-state index in [2.05, 4.69) is 31.5 Å². The van der Waals surface area contributed by atoms with E-state index in [0.29, 0.717) is 11.5 Å². The van der Waals surface area contributed by atoms with Gasteiger partial charge in [-0.15, -0.1) is 5.10 Å². The Hall–Kier alpha value is -2.21. The van der Waals surface area contributed by atoms with Crippen molar-refractivity contribution in [1.82, 2.24) is 20.2 Å². The molecule has 2 N–H and O–H groups in total. The average Bonchev–Trinajstić information content (AvgIpc) is 2.87. The third-order valence-electron chi connectivity index (χ3n) is 2.93. The van der Waals surface area contributed by atoms with Crippen molar-refractivity contribution in [3.63, 3.8) is 0 Å². The van der Waals surface area contributed by atoms with Crippen molar-refractivity contribution in [2.75, 3.05) is 5.73 Å². The molecule has 0 fully saturated rings. The predicted molar refractivity (Wildman–Crippen MR) is 81.4 cm³/mol. The van der Waals surface area contributed by atoms with E-state index in [4.69, 9.17) is 5.73 Å². The molecule has 100 valence electrons. The first-order chi connectivity index (χ1) is 9.63. The van der Waals surface area contributed by atoms with Gasteiger partial charge >= 0.3 is 0 Å². The standard InChI is InChI=1S/C14H12BrN5/c1-9-2-4-13(5-3-9)20-14(17-18-19-20)10-6-11(15)8-12(16)7-10/h2-8H,16H2,1H3. The molecule has 1 heterocycles. The van der Waals surface area contributed by atoms with Gasteiger partial charge in [0, 0.05) is 15.7 Å². The van der Waals surface area contributed by atoms with E-state index in [0.717, 1.165) is 15.7 Å². The van der Waals surface area contributed by atoms with Crippen LogP contribution in [0.3, 0.4) is 0 Å². The zero-order valence-electron chi connectivity index (χ0n) is 10.8. The molecule has 0 saturated carbocycles. The maximum atomic E-state index is 5.87. The fourth-order valence-electron chi connectivity index (χ4n) is 1.97. The van der Waals surface area contributed by atoms with Gasteiger partial charge in [-0.05, 0) is 47.7 Å². The van der Waals surface area contributed by atoms with Crippen molar-refractivity contribution in [3.8, 4) is 17.1 Å². The van der Waals surface area contributed by atoms with E-state index < -0.39 is 0 Å². The molecular formula is C14H12BrN5. The lowest BCUT2D eigenvalue weighted by molar-refractivity contribution is 0.791. The highest BCUT2D eigenvalue weighted by molar-refractivity contribution is 9.10. The summed E-state index contributed by atoms with van der Waals surface area (Å²) in [6, 6.07) is 13.6. The SMILES string of the molecule is Cc1ccc(-n2nnnc2-c2cc(N)cc(Br)c2)cc1. The third-order valence-corrected chi connectivity index (χ3v) is 3.38. The summed E-state index contributed by atoms with van der Waals surface area (Å²) < 4.78 is 2.59. The number of aryl methyl sites for hydroxylation is 1. The second-order valence-electron chi connectivity index (χ2n) is 4.52. The van der Waals surface area contributed by atoms with Crippen LogP contribution in [0.25, 0.3) is 17.1 Å². The van der Waals surface area contributed by atoms with Crippen LogP contribution >= 0.6 is 15.9 Å². The molecule has 2 aromatic carbocycles. The molecule has 0 atom stereocenters. The number of hydrogen-bond acceptors (Lipinski definition) is 4. The second-order valence-corrected chi connectivity index (χ2v) is 5.44. The number of aromatic nitrogens is 4. The lowest BCUT2D eigenvalue weighted by Crippen LogP contribution is -2.00. The summed E-state index contributed by atoms with van der Waals surface area (Å²) in [4.78, 5) is 0.